The molecule has 0 bridgehead atoms. The number of ether oxygens (including phenoxy) is 1. The fraction of sp³-hybridized carbons (Fsp3) is 0.400. The van der Waals surface area contributed by atoms with E-state index >= 15 is 0 Å². The van der Waals surface area contributed by atoms with Crippen LogP contribution in [0.1, 0.15) is 25.7 Å². The highest BCUT2D eigenvalue weighted by Gasteiger charge is 2.17. The second-order valence-electron chi connectivity index (χ2n) is 4.92. The molecule has 0 unspecified atom stereocenters. The van der Waals surface area contributed by atoms with Crippen molar-refractivity contribution in [3.05, 3.63) is 36.7 Å². The van der Waals surface area contributed by atoms with E-state index in [9.17, 15) is 0 Å². The fourth-order valence-corrected chi connectivity index (χ4v) is 2.69. The summed E-state index contributed by atoms with van der Waals surface area (Å²) in [6.45, 7) is 0. The van der Waals surface area contributed by atoms with Gasteiger partial charge in [-0.3, -0.25) is 4.57 Å². The van der Waals surface area contributed by atoms with Crippen LogP contribution in [0.2, 0.25) is 0 Å². The number of aromatic nitrogens is 2. The van der Waals surface area contributed by atoms with Gasteiger partial charge in [-0.15, -0.1) is 0 Å². The lowest BCUT2D eigenvalue weighted by Gasteiger charge is -2.16. The van der Waals surface area contributed by atoms with E-state index in [1.165, 1.54) is 25.7 Å². The molecule has 3 rings (SSSR count). The molecule has 1 heterocycles. The van der Waals surface area contributed by atoms with Crippen LogP contribution in [-0.4, -0.2) is 22.7 Å². The molecule has 0 radical (unpaired) electrons. The summed E-state index contributed by atoms with van der Waals surface area (Å²) in [5.41, 5.74) is 1.02. The summed E-state index contributed by atoms with van der Waals surface area (Å²) in [6.07, 6.45) is 8.89. The van der Waals surface area contributed by atoms with Gasteiger partial charge < -0.3 is 10.1 Å². The second-order valence-corrected chi connectivity index (χ2v) is 4.92. The largest absolute Gasteiger partial charge is 0.495 e. The predicted octanol–water partition coefficient (Wildman–Crippen LogP) is 3.24. The number of benzene rings is 1. The molecule has 1 aromatic heterocycles. The number of anilines is 1. The molecule has 1 N–H and O–H groups in total. The molecule has 0 atom stereocenters. The number of imidazole rings is 1. The average molecular weight is 257 g/mol. The van der Waals surface area contributed by atoms with Crippen LogP contribution in [0.4, 0.5) is 5.95 Å². The highest BCUT2D eigenvalue weighted by atomic mass is 16.5. The maximum Gasteiger partial charge on any atom is 0.207 e. The van der Waals surface area contributed by atoms with Gasteiger partial charge in [-0.2, -0.15) is 0 Å². The van der Waals surface area contributed by atoms with Gasteiger partial charge in [-0.25, -0.2) is 4.98 Å². The van der Waals surface area contributed by atoms with E-state index in [2.05, 4.69) is 14.9 Å². The molecule has 1 aromatic carbocycles. The zero-order valence-corrected chi connectivity index (χ0v) is 11.2. The number of nitrogens with zero attached hydrogens (tertiary/aromatic N) is 2. The zero-order chi connectivity index (χ0) is 13.1. The van der Waals surface area contributed by atoms with Crippen LogP contribution in [0.25, 0.3) is 5.69 Å². The third kappa shape index (κ3) is 2.43. The van der Waals surface area contributed by atoms with Crippen LogP contribution in [0.15, 0.2) is 36.7 Å². The van der Waals surface area contributed by atoms with Gasteiger partial charge in [-0.1, -0.05) is 25.0 Å². The Bertz CT molecular complexity index is 544. The van der Waals surface area contributed by atoms with Gasteiger partial charge in [0.25, 0.3) is 0 Å². The summed E-state index contributed by atoms with van der Waals surface area (Å²) < 4.78 is 7.47. The average Bonchev–Trinajstić information content (AvgIpc) is 3.11. The highest BCUT2D eigenvalue weighted by molar-refractivity contribution is 5.51. The number of hydrogen-bond donors (Lipinski definition) is 1. The van der Waals surface area contributed by atoms with E-state index in [0.717, 1.165) is 17.4 Å². The molecule has 0 amide bonds. The first kappa shape index (κ1) is 12.1. The van der Waals surface area contributed by atoms with Crippen molar-refractivity contribution in [2.75, 3.05) is 12.4 Å². The molecular formula is C15H19N3O. The molecule has 0 aliphatic heterocycles. The lowest BCUT2D eigenvalue weighted by atomic mass is 10.2. The number of nitrogens with one attached hydrogen (secondary N) is 1. The van der Waals surface area contributed by atoms with E-state index < -0.39 is 0 Å². The summed E-state index contributed by atoms with van der Waals surface area (Å²) in [5, 5.41) is 3.54. The molecule has 100 valence electrons. The smallest absolute Gasteiger partial charge is 0.207 e. The van der Waals surface area contributed by atoms with Crippen molar-refractivity contribution in [3.8, 4) is 11.4 Å². The lowest BCUT2D eigenvalue weighted by molar-refractivity contribution is 0.413. The van der Waals surface area contributed by atoms with Crippen LogP contribution < -0.4 is 10.1 Å². The molecule has 4 nitrogen and oxygen atoms in total. The van der Waals surface area contributed by atoms with Gasteiger partial charge in [0.15, 0.2) is 0 Å². The molecule has 1 fully saturated rings. The van der Waals surface area contributed by atoms with Gasteiger partial charge >= 0.3 is 0 Å². The molecule has 1 aliphatic carbocycles. The predicted molar refractivity (Wildman–Crippen MR) is 76.0 cm³/mol. The second kappa shape index (κ2) is 5.34. The topological polar surface area (TPSA) is 39.1 Å². The summed E-state index contributed by atoms with van der Waals surface area (Å²) in [4.78, 5) is 4.43. The standard InChI is InChI=1S/C15H19N3O/c1-19-14-9-5-4-8-13(14)18-11-10-16-15(18)17-12-6-2-3-7-12/h4-5,8-12H,2-3,6-7H2,1H3,(H,16,17). The van der Waals surface area contributed by atoms with Crippen LogP contribution in [0.3, 0.4) is 0 Å². The number of para-hydroxylation sites is 2. The maximum absolute atomic E-state index is 5.42. The summed E-state index contributed by atoms with van der Waals surface area (Å²) >= 11 is 0. The summed E-state index contributed by atoms with van der Waals surface area (Å²) in [6, 6.07) is 8.55. The van der Waals surface area contributed by atoms with Gasteiger partial charge in [0.2, 0.25) is 5.95 Å². The summed E-state index contributed by atoms with van der Waals surface area (Å²) in [5.74, 6) is 1.76. The van der Waals surface area contributed by atoms with Gasteiger partial charge in [0.05, 0.1) is 12.8 Å². The number of methoxy groups -OCH3 is 1. The molecular weight excluding hydrogens is 238 g/mol. The van der Waals surface area contributed by atoms with Crippen molar-refractivity contribution in [1.82, 2.24) is 9.55 Å². The molecule has 2 aromatic rings. The first-order chi connectivity index (χ1) is 9.38. The monoisotopic (exact) mass is 257 g/mol. The van der Waals surface area contributed by atoms with Gasteiger partial charge in [0.1, 0.15) is 5.75 Å². The van der Waals surface area contributed by atoms with Gasteiger partial charge in [-0.05, 0) is 25.0 Å². The lowest BCUT2D eigenvalue weighted by Crippen LogP contribution is -2.17. The Labute approximate surface area is 113 Å². The van der Waals surface area contributed by atoms with E-state index in [1.807, 2.05) is 36.7 Å². The molecule has 0 spiro atoms. The minimum atomic E-state index is 0.552. The Morgan fingerprint density at radius 1 is 1.26 bits per heavy atom. The molecule has 4 heteroatoms. The summed E-state index contributed by atoms with van der Waals surface area (Å²) in [7, 11) is 1.69. The van der Waals surface area contributed by atoms with Crippen molar-refractivity contribution in [1.29, 1.82) is 0 Å². The fourth-order valence-electron chi connectivity index (χ4n) is 2.69. The Kier molecular flexibility index (Phi) is 3.40. The van der Waals surface area contributed by atoms with E-state index in [-0.39, 0.29) is 0 Å². The SMILES string of the molecule is COc1ccccc1-n1ccnc1NC1CCCC1. The number of rotatable bonds is 4. The van der Waals surface area contributed by atoms with Gasteiger partial charge in [0, 0.05) is 18.4 Å². The first-order valence-corrected chi connectivity index (χ1v) is 6.82. The quantitative estimate of drug-likeness (QED) is 0.914. The van der Waals surface area contributed by atoms with Crippen LogP contribution in [0, 0.1) is 0 Å². The van der Waals surface area contributed by atoms with Crippen LogP contribution >= 0.6 is 0 Å². The van der Waals surface area contributed by atoms with Crippen LogP contribution in [-0.2, 0) is 0 Å². The Hall–Kier alpha value is -1.97. The third-order valence-corrected chi connectivity index (χ3v) is 3.67. The Balaban J connectivity index is 1.90. The third-order valence-electron chi connectivity index (χ3n) is 3.67. The molecule has 1 aliphatic rings. The van der Waals surface area contributed by atoms with E-state index in [0.29, 0.717) is 6.04 Å². The minimum Gasteiger partial charge on any atom is -0.495 e. The normalized spacial score (nSPS) is 15.6. The Morgan fingerprint density at radius 2 is 2.05 bits per heavy atom. The zero-order valence-electron chi connectivity index (χ0n) is 11.2. The van der Waals surface area contributed by atoms with Crippen molar-refractivity contribution < 1.29 is 4.74 Å². The van der Waals surface area contributed by atoms with Crippen molar-refractivity contribution in [2.45, 2.75) is 31.7 Å². The van der Waals surface area contributed by atoms with E-state index in [4.69, 9.17) is 4.74 Å². The molecule has 1 saturated carbocycles. The first-order valence-electron chi connectivity index (χ1n) is 6.82. The van der Waals surface area contributed by atoms with E-state index in [1.54, 1.807) is 7.11 Å². The molecule has 0 saturated heterocycles. The van der Waals surface area contributed by atoms with Crippen molar-refractivity contribution in [2.24, 2.45) is 0 Å². The Morgan fingerprint density at radius 3 is 2.84 bits per heavy atom. The van der Waals surface area contributed by atoms with Crippen LogP contribution in [0.5, 0.6) is 5.75 Å². The molecule has 19 heavy (non-hydrogen) atoms. The van der Waals surface area contributed by atoms with Crippen molar-refractivity contribution >= 4 is 5.95 Å². The number of hydrogen-bond acceptors (Lipinski definition) is 3. The highest BCUT2D eigenvalue weighted by Crippen LogP contribution is 2.27. The van der Waals surface area contributed by atoms with Crippen molar-refractivity contribution in [3.63, 3.8) is 0 Å². The maximum atomic E-state index is 5.42. The minimum absolute atomic E-state index is 0.552.